The molecule has 0 saturated carbocycles. The van der Waals surface area contributed by atoms with Crippen LogP contribution < -0.4 is 10.2 Å². The molecule has 0 unspecified atom stereocenters. The Kier molecular flexibility index (Phi) is 7.08. The quantitative estimate of drug-likeness (QED) is 0.400. The molecular weight excluding hydrogens is 442 g/mol. The highest BCUT2D eigenvalue weighted by molar-refractivity contribution is 9.10. The Hall–Kier alpha value is -3.06. The number of hydrogen-bond donors (Lipinski definition) is 1. The van der Waals surface area contributed by atoms with E-state index in [1.165, 1.54) is 30.5 Å². The van der Waals surface area contributed by atoms with Crippen LogP contribution in [0.25, 0.3) is 0 Å². The third kappa shape index (κ3) is 6.50. The summed E-state index contributed by atoms with van der Waals surface area (Å²) in [7, 11) is 0. The Labute approximate surface area is 175 Å². The average Bonchev–Trinajstić information content (AvgIpc) is 2.69. The predicted octanol–water partition coefficient (Wildman–Crippen LogP) is 5.00. The zero-order valence-corrected chi connectivity index (χ0v) is 16.8. The van der Waals surface area contributed by atoms with E-state index in [4.69, 9.17) is 4.74 Å². The van der Waals surface area contributed by atoms with Crippen LogP contribution in [0.4, 0.5) is 8.78 Å². The molecule has 29 heavy (non-hydrogen) atoms. The van der Waals surface area contributed by atoms with Gasteiger partial charge in [0.25, 0.3) is 0 Å². The number of halogens is 3. The molecule has 0 aliphatic heterocycles. The minimum Gasteiger partial charge on any atom is -0.488 e. The highest BCUT2D eigenvalue weighted by Gasteiger charge is 2.05. The number of benzene rings is 3. The molecule has 0 aliphatic rings. The van der Waals surface area contributed by atoms with Crippen molar-refractivity contribution in [1.29, 1.82) is 0 Å². The Morgan fingerprint density at radius 2 is 1.79 bits per heavy atom. The van der Waals surface area contributed by atoms with E-state index in [9.17, 15) is 13.6 Å². The van der Waals surface area contributed by atoms with E-state index in [0.29, 0.717) is 15.8 Å². The van der Waals surface area contributed by atoms with Crippen LogP contribution in [0.3, 0.4) is 0 Å². The topological polar surface area (TPSA) is 50.7 Å². The van der Waals surface area contributed by atoms with Gasteiger partial charge in [0.2, 0.25) is 5.91 Å². The Morgan fingerprint density at radius 1 is 1.00 bits per heavy atom. The molecule has 4 nitrogen and oxygen atoms in total. The smallest absolute Gasteiger partial charge is 0.244 e. The molecule has 3 aromatic carbocycles. The van der Waals surface area contributed by atoms with Crippen molar-refractivity contribution in [2.75, 3.05) is 0 Å². The summed E-state index contributed by atoms with van der Waals surface area (Å²) in [5.41, 5.74) is 4.61. The summed E-state index contributed by atoms with van der Waals surface area (Å²) in [6.07, 6.45) is 1.61. The minimum absolute atomic E-state index is 0.105. The fourth-order valence-electron chi connectivity index (χ4n) is 2.51. The Bertz CT molecular complexity index is 1020. The predicted molar refractivity (Wildman–Crippen MR) is 111 cm³/mol. The van der Waals surface area contributed by atoms with Crippen LogP contribution in [0.5, 0.6) is 5.75 Å². The van der Waals surface area contributed by atoms with E-state index in [-0.39, 0.29) is 30.6 Å². The fourth-order valence-corrected chi connectivity index (χ4v) is 3.02. The summed E-state index contributed by atoms with van der Waals surface area (Å²) in [6.45, 7) is 0.239. The van der Waals surface area contributed by atoms with Crippen molar-refractivity contribution in [3.8, 4) is 5.75 Å². The molecule has 0 aliphatic carbocycles. The Morgan fingerprint density at radius 3 is 2.52 bits per heavy atom. The van der Waals surface area contributed by atoms with Gasteiger partial charge in [0.05, 0.1) is 17.1 Å². The van der Waals surface area contributed by atoms with Crippen LogP contribution in [-0.4, -0.2) is 12.1 Å². The fraction of sp³-hybridized carbons (Fsp3) is 0.0909. The van der Waals surface area contributed by atoms with Gasteiger partial charge in [0.15, 0.2) is 0 Å². The van der Waals surface area contributed by atoms with Gasteiger partial charge >= 0.3 is 0 Å². The third-order valence-electron chi connectivity index (χ3n) is 3.92. The maximum atomic E-state index is 13.2. The maximum absolute atomic E-state index is 13.2. The van der Waals surface area contributed by atoms with Crippen molar-refractivity contribution < 1.29 is 18.3 Å². The normalized spacial score (nSPS) is 10.9. The summed E-state index contributed by atoms with van der Waals surface area (Å²) < 4.78 is 32.5. The lowest BCUT2D eigenvalue weighted by Crippen LogP contribution is -2.19. The second-order valence-electron chi connectivity index (χ2n) is 6.20. The number of ether oxygens (including phenoxy) is 1. The van der Waals surface area contributed by atoms with Crippen molar-refractivity contribution in [3.05, 3.63) is 99.5 Å². The number of nitrogens with one attached hydrogen (secondary N) is 1. The van der Waals surface area contributed by atoms with Gasteiger partial charge in [-0.05, 0) is 75.1 Å². The second kappa shape index (κ2) is 9.93. The van der Waals surface area contributed by atoms with Gasteiger partial charge < -0.3 is 4.74 Å². The van der Waals surface area contributed by atoms with Gasteiger partial charge in [0.1, 0.15) is 24.0 Å². The van der Waals surface area contributed by atoms with Gasteiger partial charge in [-0.25, -0.2) is 14.2 Å². The zero-order chi connectivity index (χ0) is 20.6. The van der Waals surface area contributed by atoms with Crippen molar-refractivity contribution in [2.45, 2.75) is 13.0 Å². The van der Waals surface area contributed by atoms with Crippen LogP contribution in [0.15, 0.2) is 76.3 Å². The van der Waals surface area contributed by atoms with Crippen molar-refractivity contribution in [1.82, 2.24) is 5.43 Å². The van der Waals surface area contributed by atoms with Crippen LogP contribution in [-0.2, 0) is 17.8 Å². The van der Waals surface area contributed by atoms with Crippen LogP contribution in [0, 0.1) is 11.6 Å². The van der Waals surface area contributed by atoms with Gasteiger partial charge in [-0.1, -0.05) is 24.3 Å². The molecular formula is C22H17BrF2N2O2. The molecule has 0 spiro atoms. The second-order valence-corrected chi connectivity index (χ2v) is 7.06. The highest BCUT2D eigenvalue weighted by atomic mass is 79.9. The van der Waals surface area contributed by atoms with Crippen LogP contribution in [0.2, 0.25) is 0 Å². The summed E-state index contributed by atoms with van der Waals surface area (Å²) in [5, 5.41) is 3.93. The van der Waals surface area contributed by atoms with E-state index < -0.39 is 0 Å². The molecule has 0 radical (unpaired) electrons. The van der Waals surface area contributed by atoms with E-state index in [2.05, 4.69) is 26.5 Å². The van der Waals surface area contributed by atoms with Gasteiger partial charge in [-0.15, -0.1) is 0 Å². The minimum atomic E-state index is -0.346. The van der Waals surface area contributed by atoms with Crippen LogP contribution in [0.1, 0.15) is 16.7 Å². The lowest BCUT2D eigenvalue weighted by Gasteiger charge is -2.09. The monoisotopic (exact) mass is 458 g/mol. The number of carbonyl (C=O) groups is 1. The number of hydrazone groups is 1. The zero-order valence-electron chi connectivity index (χ0n) is 15.2. The number of rotatable bonds is 7. The maximum Gasteiger partial charge on any atom is 0.244 e. The number of amides is 1. The van der Waals surface area contributed by atoms with Crippen molar-refractivity contribution >= 4 is 28.1 Å². The summed E-state index contributed by atoms with van der Waals surface area (Å²) in [6, 6.07) is 17.3. The summed E-state index contributed by atoms with van der Waals surface area (Å²) in [4.78, 5) is 11.9. The van der Waals surface area contributed by atoms with Crippen molar-refractivity contribution in [2.24, 2.45) is 5.10 Å². The lowest BCUT2D eigenvalue weighted by atomic mass is 10.1. The highest BCUT2D eigenvalue weighted by Crippen LogP contribution is 2.26. The average molecular weight is 459 g/mol. The number of carbonyl (C=O) groups excluding carboxylic acids is 1. The summed E-state index contributed by atoms with van der Waals surface area (Å²) in [5.74, 6) is -0.354. The molecule has 0 saturated heterocycles. The molecule has 0 bridgehead atoms. The summed E-state index contributed by atoms with van der Waals surface area (Å²) >= 11 is 3.43. The molecule has 0 fully saturated rings. The molecule has 7 heteroatoms. The van der Waals surface area contributed by atoms with E-state index in [1.54, 1.807) is 42.5 Å². The van der Waals surface area contributed by atoms with Gasteiger partial charge in [-0.2, -0.15) is 5.10 Å². The molecule has 0 atom stereocenters. The standard InChI is InChI=1S/C22H17BrF2N2O2/c23-20-11-16(6-9-21(20)29-14-17-2-1-3-19(25)10-17)13-26-27-22(28)12-15-4-7-18(24)8-5-15/h1-11,13H,12,14H2,(H,27,28)/b26-13+. The molecule has 0 heterocycles. The third-order valence-corrected chi connectivity index (χ3v) is 4.54. The first-order valence-electron chi connectivity index (χ1n) is 8.73. The SMILES string of the molecule is O=C(Cc1ccc(F)cc1)N/N=C/c1ccc(OCc2cccc(F)c2)c(Br)c1. The molecule has 148 valence electrons. The molecule has 1 amide bonds. The molecule has 0 aromatic heterocycles. The van der Waals surface area contributed by atoms with Gasteiger partial charge in [0, 0.05) is 0 Å². The molecule has 1 N–H and O–H groups in total. The first-order valence-corrected chi connectivity index (χ1v) is 9.52. The van der Waals surface area contributed by atoms with Crippen molar-refractivity contribution in [3.63, 3.8) is 0 Å². The lowest BCUT2D eigenvalue weighted by molar-refractivity contribution is -0.120. The van der Waals surface area contributed by atoms with E-state index in [1.807, 2.05) is 0 Å². The number of nitrogens with zero attached hydrogens (tertiary/aromatic N) is 1. The van der Waals surface area contributed by atoms with Gasteiger partial charge in [-0.3, -0.25) is 4.79 Å². The first-order chi connectivity index (χ1) is 14.0. The largest absolute Gasteiger partial charge is 0.488 e. The first kappa shape index (κ1) is 20.7. The van der Waals surface area contributed by atoms with E-state index in [0.717, 1.165) is 11.1 Å². The Balaban J connectivity index is 1.52. The molecule has 3 aromatic rings. The number of hydrogen-bond acceptors (Lipinski definition) is 3. The molecule has 3 rings (SSSR count). The van der Waals surface area contributed by atoms with Crippen LogP contribution >= 0.6 is 15.9 Å². The van der Waals surface area contributed by atoms with E-state index >= 15 is 0 Å².